The summed E-state index contributed by atoms with van der Waals surface area (Å²) >= 11 is 1.29. The van der Waals surface area contributed by atoms with Gasteiger partial charge in [0.2, 0.25) is 11.1 Å². The molecule has 2 N–H and O–H groups in total. The van der Waals surface area contributed by atoms with Gasteiger partial charge in [0.25, 0.3) is 0 Å². The second kappa shape index (κ2) is 10.7. The molecule has 0 fully saturated rings. The van der Waals surface area contributed by atoms with Crippen molar-refractivity contribution in [3.05, 3.63) is 106 Å². The molecule has 0 unspecified atom stereocenters. The van der Waals surface area contributed by atoms with E-state index in [2.05, 4.69) is 67.8 Å². The summed E-state index contributed by atoms with van der Waals surface area (Å²) in [6.07, 6.45) is 0.870. The van der Waals surface area contributed by atoms with Crippen LogP contribution in [0.2, 0.25) is 0 Å². The number of carbonyl (C=O) groups excluding carboxylic acids is 1. The zero-order valence-electron chi connectivity index (χ0n) is 22.6. The first-order valence-electron chi connectivity index (χ1n) is 13.4. The average Bonchev–Trinajstić information content (AvgIpc) is 3.03. The largest absolute Gasteiger partial charge is 0.372 e. The van der Waals surface area contributed by atoms with Gasteiger partial charge in [0.1, 0.15) is 0 Å². The number of fused-ring (bicyclic) bond motifs is 1. The van der Waals surface area contributed by atoms with Crippen LogP contribution < -0.4 is 10.6 Å². The van der Waals surface area contributed by atoms with Crippen LogP contribution in [0, 0.1) is 5.41 Å². The number of nitrogens with zero attached hydrogens (tertiary/aromatic N) is 3. The number of guanidine groups is 1. The van der Waals surface area contributed by atoms with Crippen molar-refractivity contribution in [1.82, 2.24) is 4.90 Å². The first-order chi connectivity index (χ1) is 18.3. The molecule has 3 aromatic carbocycles. The maximum absolute atomic E-state index is 13.7. The maximum atomic E-state index is 13.7. The number of anilines is 1. The molecule has 0 saturated heterocycles. The van der Waals surface area contributed by atoms with Gasteiger partial charge in [-0.05, 0) is 78.4 Å². The van der Waals surface area contributed by atoms with Gasteiger partial charge in [-0.1, -0.05) is 68.4 Å². The van der Waals surface area contributed by atoms with Crippen molar-refractivity contribution < 1.29 is 4.79 Å². The van der Waals surface area contributed by atoms with Crippen LogP contribution in [-0.2, 0) is 0 Å². The maximum Gasteiger partial charge on any atom is 0.225 e. The van der Waals surface area contributed by atoms with Crippen molar-refractivity contribution in [3.63, 3.8) is 0 Å². The van der Waals surface area contributed by atoms with E-state index in [4.69, 9.17) is 10.7 Å². The topological polar surface area (TPSA) is 61.9 Å². The van der Waals surface area contributed by atoms with E-state index >= 15 is 0 Å². The molecular weight excluding hydrogens is 488 g/mol. The molecule has 1 atom stereocenters. The number of para-hydroxylation sites is 1. The van der Waals surface area contributed by atoms with Gasteiger partial charge in [0, 0.05) is 36.8 Å². The zero-order valence-corrected chi connectivity index (χ0v) is 23.5. The molecule has 2 aliphatic heterocycles. The molecule has 6 heteroatoms. The standard InChI is InChI=1S/C32H36N4OS/c1-5-35(6-2)24-18-16-22(17-19-24)28-25-14-10-11-15-26(25)30(37)38-29-27(28)20-32(3,4)21-36(29)31(33)34-23-12-8-7-9-13-23/h7-19,28H,5-6,20-21H2,1-4H3,(H2,33,34)/t28-/m1/s1. The quantitative estimate of drug-likeness (QED) is 0.284. The first-order valence-corrected chi connectivity index (χ1v) is 14.2. The van der Waals surface area contributed by atoms with E-state index < -0.39 is 0 Å². The second-order valence-electron chi connectivity index (χ2n) is 10.7. The molecule has 0 aliphatic carbocycles. The smallest absolute Gasteiger partial charge is 0.225 e. The molecule has 2 heterocycles. The fourth-order valence-corrected chi connectivity index (χ4v) is 6.72. The summed E-state index contributed by atoms with van der Waals surface area (Å²) in [7, 11) is 0. The monoisotopic (exact) mass is 524 g/mol. The van der Waals surface area contributed by atoms with E-state index in [-0.39, 0.29) is 16.4 Å². The van der Waals surface area contributed by atoms with Gasteiger partial charge in [0.15, 0.2) is 0 Å². The summed E-state index contributed by atoms with van der Waals surface area (Å²) in [5.74, 6) is 0.371. The summed E-state index contributed by atoms with van der Waals surface area (Å²) in [4.78, 5) is 22.8. The van der Waals surface area contributed by atoms with Gasteiger partial charge in [-0.25, -0.2) is 4.99 Å². The van der Waals surface area contributed by atoms with Crippen LogP contribution in [-0.4, -0.2) is 35.6 Å². The van der Waals surface area contributed by atoms with Crippen molar-refractivity contribution in [1.29, 1.82) is 0 Å². The molecule has 3 aromatic rings. The Labute approximate surface area is 230 Å². The summed E-state index contributed by atoms with van der Waals surface area (Å²) < 4.78 is 0. The Morgan fingerprint density at radius 3 is 2.34 bits per heavy atom. The minimum Gasteiger partial charge on any atom is -0.372 e. The Kier molecular flexibility index (Phi) is 7.35. The summed E-state index contributed by atoms with van der Waals surface area (Å²) in [6, 6.07) is 26.7. The zero-order chi connectivity index (χ0) is 26.9. The molecule has 196 valence electrons. The Morgan fingerprint density at radius 2 is 1.66 bits per heavy atom. The molecule has 0 saturated carbocycles. The van der Waals surface area contributed by atoms with E-state index in [9.17, 15) is 4.79 Å². The lowest BCUT2D eigenvalue weighted by atomic mass is 9.74. The van der Waals surface area contributed by atoms with Gasteiger partial charge in [-0.2, -0.15) is 0 Å². The molecule has 0 bridgehead atoms. The summed E-state index contributed by atoms with van der Waals surface area (Å²) in [5, 5.41) is 0.966. The van der Waals surface area contributed by atoms with Gasteiger partial charge in [-0.3, -0.25) is 4.79 Å². The van der Waals surface area contributed by atoms with Crippen molar-refractivity contribution >= 4 is 34.2 Å². The number of thioether (sulfide) groups is 1. The predicted octanol–water partition coefficient (Wildman–Crippen LogP) is 7.14. The molecule has 38 heavy (non-hydrogen) atoms. The SMILES string of the molecule is CCN(CC)c1ccc([C@H]2C3=C(SC(=O)c4ccccc42)N(C(N)=Nc2ccccc2)CC(C)(C)C3)cc1. The minimum atomic E-state index is -0.0576. The molecular formula is C32H36N4OS. The fraction of sp³-hybridized carbons (Fsp3) is 0.312. The summed E-state index contributed by atoms with van der Waals surface area (Å²) in [6.45, 7) is 11.5. The highest BCUT2D eigenvalue weighted by atomic mass is 32.2. The van der Waals surface area contributed by atoms with Gasteiger partial charge >= 0.3 is 0 Å². The summed E-state index contributed by atoms with van der Waals surface area (Å²) in [5.41, 5.74) is 12.9. The first kappa shape index (κ1) is 26.1. The number of benzene rings is 3. The van der Waals surface area contributed by atoms with Crippen LogP contribution in [0.15, 0.2) is 94.5 Å². The van der Waals surface area contributed by atoms with E-state index in [1.807, 2.05) is 48.5 Å². The van der Waals surface area contributed by atoms with Crippen molar-refractivity contribution in [2.75, 3.05) is 24.5 Å². The third-order valence-electron chi connectivity index (χ3n) is 7.44. The van der Waals surface area contributed by atoms with E-state index in [1.54, 1.807) is 0 Å². The lowest BCUT2D eigenvalue weighted by Gasteiger charge is -2.42. The Bertz CT molecular complexity index is 1370. The fourth-order valence-electron chi connectivity index (χ4n) is 5.66. The van der Waals surface area contributed by atoms with E-state index in [0.29, 0.717) is 12.5 Å². The number of allylic oxidation sites excluding steroid dienone is 1. The van der Waals surface area contributed by atoms with E-state index in [1.165, 1.54) is 28.6 Å². The highest BCUT2D eigenvalue weighted by Crippen LogP contribution is 2.51. The highest BCUT2D eigenvalue weighted by Gasteiger charge is 2.41. The Morgan fingerprint density at radius 1 is 1.00 bits per heavy atom. The number of hydrogen-bond donors (Lipinski definition) is 1. The Hall–Kier alpha value is -3.51. The lowest BCUT2D eigenvalue weighted by molar-refractivity contribution is 0.108. The minimum absolute atomic E-state index is 0.0440. The number of rotatable bonds is 5. The van der Waals surface area contributed by atoms with Crippen LogP contribution in [0.3, 0.4) is 0 Å². The van der Waals surface area contributed by atoms with Crippen LogP contribution in [0.5, 0.6) is 0 Å². The van der Waals surface area contributed by atoms with Crippen LogP contribution in [0.4, 0.5) is 11.4 Å². The molecule has 0 amide bonds. The van der Waals surface area contributed by atoms with Gasteiger partial charge in [-0.15, -0.1) is 0 Å². The number of nitrogens with two attached hydrogens (primary N) is 1. The lowest BCUT2D eigenvalue weighted by Crippen LogP contribution is -2.45. The van der Waals surface area contributed by atoms with E-state index in [0.717, 1.165) is 41.4 Å². The molecule has 2 aliphatic rings. The molecule has 0 radical (unpaired) electrons. The van der Waals surface area contributed by atoms with Crippen molar-refractivity contribution in [2.45, 2.75) is 40.0 Å². The van der Waals surface area contributed by atoms with Crippen molar-refractivity contribution in [2.24, 2.45) is 16.1 Å². The predicted molar refractivity (Wildman–Crippen MR) is 160 cm³/mol. The second-order valence-corrected chi connectivity index (χ2v) is 11.7. The molecule has 0 aromatic heterocycles. The third-order valence-corrected chi connectivity index (χ3v) is 8.52. The number of carbonyl (C=O) groups is 1. The number of hydrogen-bond acceptors (Lipinski definition) is 4. The van der Waals surface area contributed by atoms with Gasteiger partial charge in [0.05, 0.1) is 10.7 Å². The molecule has 0 spiro atoms. The highest BCUT2D eigenvalue weighted by molar-refractivity contribution is 8.17. The Balaban J connectivity index is 1.68. The third kappa shape index (κ3) is 5.10. The average molecular weight is 525 g/mol. The molecule has 5 nitrogen and oxygen atoms in total. The van der Waals surface area contributed by atoms with Gasteiger partial charge < -0.3 is 15.5 Å². The number of aliphatic imine (C=N–C) groups is 1. The van der Waals surface area contributed by atoms with Crippen LogP contribution >= 0.6 is 11.8 Å². The van der Waals surface area contributed by atoms with Crippen LogP contribution in [0.25, 0.3) is 0 Å². The molecule has 5 rings (SSSR count). The van der Waals surface area contributed by atoms with Crippen LogP contribution in [0.1, 0.15) is 61.5 Å². The van der Waals surface area contributed by atoms with Crippen molar-refractivity contribution in [3.8, 4) is 0 Å². The normalized spacial score (nSPS) is 19.1.